The van der Waals surface area contributed by atoms with Crippen molar-refractivity contribution in [3.05, 3.63) is 82.5 Å². The number of anilines is 1. The fourth-order valence-electron chi connectivity index (χ4n) is 5.84. The van der Waals surface area contributed by atoms with Crippen molar-refractivity contribution in [2.75, 3.05) is 32.8 Å². The molecule has 3 aliphatic heterocycles. The van der Waals surface area contributed by atoms with Gasteiger partial charge in [-0.05, 0) is 43.3 Å². The molecule has 9 heteroatoms. The van der Waals surface area contributed by atoms with Gasteiger partial charge in [0.05, 0.1) is 24.3 Å². The average Bonchev–Trinajstić information content (AvgIpc) is 3.65. The molecular weight excluding hydrogens is 486 g/mol. The first-order valence-corrected chi connectivity index (χ1v) is 12.5. The van der Waals surface area contributed by atoms with Crippen LogP contribution >= 0.6 is 0 Å². The summed E-state index contributed by atoms with van der Waals surface area (Å²) in [5.41, 5.74) is 5.17. The van der Waals surface area contributed by atoms with Crippen LogP contribution in [0.3, 0.4) is 0 Å². The predicted octanol–water partition coefficient (Wildman–Crippen LogP) is 4.60. The maximum atomic E-state index is 13.1. The molecule has 192 valence electrons. The van der Waals surface area contributed by atoms with Crippen LogP contribution in [-0.4, -0.2) is 49.3 Å². The van der Waals surface area contributed by atoms with Gasteiger partial charge in [0.25, 0.3) is 5.91 Å². The van der Waals surface area contributed by atoms with Crippen molar-refractivity contribution in [1.29, 1.82) is 0 Å². The first-order chi connectivity index (χ1) is 18.5. The van der Waals surface area contributed by atoms with E-state index < -0.39 is 12.1 Å². The molecule has 0 saturated carbocycles. The Balaban J connectivity index is 1.23. The molecule has 2 atom stereocenters. The van der Waals surface area contributed by atoms with E-state index >= 15 is 0 Å². The third kappa shape index (κ3) is 3.35. The number of aromatic nitrogens is 1. The third-order valence-corrected chi connectivity index (χ3v) is 7.64. The van der Waals surface area contributed by atoms with Crippen molar-refractivity contribution < 1.29 is 28.5 Å². The normalized spacial score (nSPS) is 19.7. The smallest absolute Gasteiger partial charge is 0.339 e. The molecule has 4 heterocycles. The topological polar surface area (TPSA) is 102 Å². The molecule has 9 nitrogen and oxygen atoms in total. The maximum Gasteiger partial charge on any atom is 0.339 e. The zero-order valence-corrected chi connectivity index (χ0v) is 20.9. The number of carbonyl (C=O) groups is 2. The van der Waals surface area contributed by atoms with Crippen LogP contribution < -0.4 is 19.5 Å². The number of methoxy groups -OCH3 is 1. The van der Waals surface area contributed by atoms with Crippen molar-refractivity contribution in [2.45, 2.75) is 18.6 Å². The number of fused-ring (bicyclic) bond motifs is 4. The Morgan fingerprint density at radius 2 is 2.03 bits per heavy atom. The van der Waals surface area contributed by atoms with Gasteiger partial charge in [-0.2, -0.15) is 0 Å². The molecule has 38 heavy (non-hydrogen) atoms. The van der Waals surface area contributed by atoms with Crippen molar-refractivity contribution in [3.8, 4) is 17.2 Å². The first-order valence-electron chi connectivity index (χ1n) is 12.5. The number of aromatic amines is 1. The predicted molar refractivity (Wildman–Crippen MR) is 139 cm³/mol. The molecule has 0 aliphatic carbocycles. The van der Waals surface area contributed by atoms with E-state index in [0.717, 1.165) is 40.6 Å². The number of carbonyl (C=O) groups excluding carboxylic acids is 2. The Morgan fingerprint density at radius 3 is 2.89 bits per heavy atom. The Hall–Kier alpha value is -4.50. The number of hydrogen-bond acceptors (Lipinski definition) is 7. The Morgan fingerprint density at radius 1 is 1.16 bits per heavy atom. The fraction of sp³-hybridized carbons (Fsp3) is 0.241. The minimum atomic E-state index is -0.547. The summed E-state index contributed by atoms with van der Waals surface area (Å²) in [5, 5.41) is 3.76. The number of para-hydroxylation sites is 1. The van der Waals surface area contributed by atoms with Crippen LogP contribution in [0.2, 0.25) is 0 Å². The van der Waals surface area contributed by atoms with Crippen molar-refractivity contribution in [2.24, 2.45) is 0 Å². The molecule has 7 rings (SSSR count). The van der Waals surface area contributed by atoms with Crippen LogP contribution in [0, 0.1) is 0 Å². The lowest BCUT2D eigenvalue weighted by Crippen LogP contribution is -2.36. The summed E-state index contributed by atoms with van der Waals surface area (Å²) < 4.78 is 23.1. The minimum absolute atomic E-state index is 0.142. The zero-order valence-electron chi connectivity index (χ0n) is 20.9. The number of rotatable bonds is 4. The standard InChI is InChI=1S/C29H25N3O6/c1-32-10-9-15-11-22-26(37-14-36-22)27(35-2)23(15)24(32)25-18-8-7-16(12-19(18)29(34)38-25)31-28(33)20-13-30-21-6-4-3-5-17(20)21/h3-8,11-13,24-25,30H,9-10,14H2,1-2H3,(H,31,33). The van der Waals surface area contributed by atoms with Crippen molar-refractivity contribution in [3.63, 3.8) is 0 Å². The summed E-state index contributed by atoms with van der Waals surface area (Å²) in [4.78, 5) is 31.4. The van der Waals surface area contributed by atoms with Crippen LogP contribution in [0.5, 0.6) is 17.2 Å². The van der Waals surface area contributed by atoms with Gasteiger partial charge in [-0.15, -0.1) is 0 Å². The van der Waals surface area contributed by atoms with E-state index in [-0.39, 0.29) is 18.7 Å². The molecule has 1 aromatic heterocycles. The molecular formula is C29H25N3O6. The highest BCUT2D eigenvalue weighted by atomic mass is 16.7. The number of cyclic esters (lactones) is 1. The van der Waals surface area contributed by atoms with E-state index in [9.17, 15) is 9.59 Å². The number of ether oxygens (including phenoxy) is 4. The van der Waals surface area contributed by atoms with Gasteiger partial charge in [-0.25, -0.2) is 4.79 Å². The van der Waals surface area contributed by atoms with Crippen LogP contribution in [0.1, 0.15) is 49.6 Å². The van der Waals surface area contributed by atoms with Gasteiger partial charge in [0, 0.05) is 40.5 Å². The van der Waals surface area contributed by atoms with Gasteiger partial charge in [-0.1, -0.05) is 24.3 Å². The SMILES string of the molecule is COc1c2c(cc3c1C(C1OC(=O)c4cc(NC(=O)c5c[nH]c6ccccc56)ccc41)N(C)CC3)OCO2. The molecule has 0 spiro atoms. The summed E-state index contributed by atoms with van der Waals surface area (Å²) in [6.45, 7) is 0.923. The van der Waals surface area contributed by atoms with Gasteiger partial charge < -0.3 is 29.2 Å². The average molecular weight is 512 g/mol. The number of hydrogen-bond donors (Lipinski definition) is 2. The molecule has 0 bridgehead atoms. The highest BCUT2D eigenvalue weighted by Gasteiger charge is 2.44. The Kier molecular flexibility index (Phi) is 5.09. The van der Waals surface area contributed by atoms with E-state index in [1.54, 1.807) is 25.4 Å². The van der Waals surface area contributed by atoms with Crippen molar-refractivity contribution in [1.82, 2.24) is 9.88 Å². The van der Waals surface area contributed by atoms with Crippen LogP contribution in [0.4, 0.5) is 5.69 Å². The highest BCUT2D eigenvalue weighted by molar-refractivity contribution is 6.13. The fourth-order valence-corrected chi connectivity index (χ4v) is 5.84. The Labute approximate surface area is 218 Å². The lowest BCUT2D eigenvalue weighted by Gasteiger charge is -2.38. The summed E-state index contributed by atoms with van der Waals surface area (Å²) in [6.07, 6.45) is 1.95. The number of nitrogens with one attached hydrogen (secondary N) is 2. The first kappa shape index (κ1) is 22.7. The highest BCUT2D eigenvalue weighted by Crippen LogP contribution is 2.54. The van der Waals surface area contributed by atoms with Crippen LogP contribution in [-0.2, 0) is 11.2 Å². The lowest BCUT2D eigenvalue weighted by molar-refractivity contribution is 0.00881. The van der Waals surface area contributed by atoms with Gasteiger partial charge in [0.2, 0.25) is 12.5 Å². The largest absolute Gasteiger partial charge is 0.492 e. The van der Waals surface area contributed by atoms with Gasteiger partial charge >= 0.3 is 5.97 Å². The summed E-state index contributed by atoms with van der Waals surface area (Å²) >= 11 is 0. The molecule has 2 unspecified atom stereocenters. The Bertz CT molecular complexity index is 1630. The third-order valence-electron chi connectivity index (χ3n) is 7.64. The molecule has 3 aromatic carbocycles. The zero-order chi connectivity index (χ0) is 26.0. The molecule has 0 fully saturated rings. The summed E-state index contributed by atoms with van der Waals surface area (Å²) in [5.74, 6) is 1.17. The summed E-state index contributed by atoms with van der Waals surface area (Å²) in [7, 11) is 3.62. The van der Waals surface area contributed by atoms with Gasteiger partial charge in [0.15, 0.2) is 11.5 Å². The molecule has 1 amide bonds. The van der Waals surface area contributed by atoms with E-state index in [2.05, 4.69) is 15.2 Å². The van der Waals surface area contributed by atoms with Gasteiger partial charge in [0.1, 0.15) is 6.10 Å². The minimum Gasteiger partial charge on any atom is -0.492 e. The van der Waals surface area contributed by atoms with E-state index in [4.69, 9.17) is 18.9 Å². The molecule has 4 aromatic rings. The molecule has 0 radical (unpaired) electrons. The van der Waals surface area contributed by atoms with E-state index in [1.807, 2.05) is 43.4 Å². The molecule has 2 N–H and O–H groups in total. The summed E-state index contributed by atoms with van der Waals surface area (Å²) in [6, 6.07) is 14.7. The van der Waals surface area contributed by atoms with E-state index in [1.165, 1.54) is 0 Å². The second-order valence-corrected chi connectivity index (χ2v) is 9.72. The van der Waals surface area contributed by atoms with Crippen LogP contribution in [0.25, 0.3) is 10.9 Å². The van der Waals surface area contributed by atoms with Crippen LogP contribution in [0.15, 0.2) is 54.7 Å². The van der Waals surface area contributed by atoms with Crippen molar-refractivity contribution >= 4 is 28.5 Å². The number of esters is 1. The number of benzene rings is 3. The quantitative estimate of drug-likeness (QED) is 0.386. The number of H-pyrrole nitrogens is 1. The lowest BCUT2D eigenvalue weighted by atomic mass is 9.85. The second kappa shape index (κ2) is 8.53. The molecule has 3 aliphatic rings. The molecule has 0 saturated heterocycles. The number of nitrogens with zero attached hydrogens (tertiary/aromatic N) is 1. The maximum absolute atomic E-state index is 13.1. The second-order valence-electron chi connectivity index (χ2n) is 9.72. The monoisotopic (exact) mass is 511 g/mol. The number of likely N-dealkylation sites (N-methyl/N-ethyl adjacent to an activating group) is 1. The number of amides is 1. The van der Waals surface area contributed by atoms with E-state index in [0.29, 0.717) is 34.1 Å². The van der Waals surface area contributed by atoms with Gasteiger partial charge in [-0.3, -0.25) is 9.69 Å².